The molecular weight excluding hydrogens is 558 g/mol. The minimum atomic E-state index is -0.644. The van der Waals surface area contributed by atoms with Crippen LogP contribution in [-0.2, 0) is 25.5 Å². The molecule has 3 fully saturated rings. The van der Waals surface area contributed by atoms with Gasteiger partial charge in [0, 0.05) is 12.0 Å². The summed E-state index contributed by atoms with van der Waals surface area (Å²) >= 11 is 0. The van der Waals surface area contributed by atoms with Crippen molar-refractivity contribution in [2.24, 2.45) is 23.2 Å². The van der Waals surface area contributed by atoms with Crippen molar-refractivity contribution in [3.8, 4) is 11.6 Å². The predicted octanol–water partition coefficient (Wildman–Crippen LogP) is 5.85. The van der Waals surface area contributed by atoms with Gasteiger partial charge in [-0.1, -0.05) is 39.5 Å². The lowest BCUT2D eigenvalue weighted by molar-refractivity contribution is -0.158. The molecule has 1 aromatic heterocycles. The van der Waals surface area contributed by atoms with Crippen molar-refractivity contribution in [3.63, 3.8) is 0 Å². The van der Waals surface area contributed by atoms with Crippen LogP contribution in [0.2, 0.25) is 0 Å². The van der Waals surface area contributed by atoms with Crippen LogP contribution in [0.15, 0.2) is 18.2 Å². The molecule has 0 radical (unpaired) electrons. The van der Waals surface area contributed by atoms with Crippen LogP contribution in [0.1, 0.15) is 96.6 Å². The summed E-state index contributed by atoms with van der Waals surface area (Å²) in [5.74, 6) is 0.313. The summed E-state index contributed by atoms with van der Waals surface area (Å²) in [6.07, 6.45) is 12.1. The average molecular weight is 606 g/mol. The van der Waals surface area contributed by atoms with Gasteiger partial charge in [0.25, 0.3) is 0 Å². The van der Waals surface area contributed by atoms with Gasteiger partial charge in [0.1, 0.15) is 29.9 Å². The molecule has 2 saturated carbocycles. The Morgan fingerprint density at radius 1 is 0.955 bits per heavy atom. The minimum Gasteiger partial charge on any atom is -0.497 e. The second kappa shape index (κ2) is 13.0. The molecule has 0 N–H and O–H groups in total. The van der Waals surface area contributed by atoms with E-state index >= 15 is 0 Å². The van der Waals surface area contributed by atoms with Crippen molar-refractivity contribution in [2.45, 2.75) is 116 Å². The smallest absolute Gasteiger partial charge is 0.306 e. The van der Waals surface area contributed by atoms with Gasteiger partial charge in [-0.2, -0.15) is 0 Å². The SMILES string of the molecule is COc1ccc2nc3c(nc2c1)O[C@H]1CN(C(=O)[C@H](C2(C)CCCC2)CC(=O)O[C@@H]2CCC[C@H]2CCCCC3)[C@H](C=O)[C@@H]1C. The van der Waals surface area contributed by atoms with E-state index in [4.69, 9.17) is 24.2 Å². The molecule has 2 bridgehead atoms. The van der Waals surface area contributed by atoms with E-state index < -0.39 is 18.1 Å². The number of nitrogens with zero attached hydrogens (tertiary/aromatic N) is 3. The van der Waals surface area contributed by atoms with Crippen LogP contribution in [-0.4, -0.2) is 64.9 Å². The first-order valence-electron chi connectivity index (χ1n) is 16.8. The first kappa shape index (κ1) is 30.8. The average Bonchev–Trinajstić information content (AvgIpc) is 3.74. The fourth-order valence-electron chi connectivity index (χ4n) is 8.26. The van der Waals surface area contributed by atoms with Crippen LogP contribution in [0.25, 0.3) is 11.0 Å². The number of esters is 1. The van der Waals surface area contributed by atoms with E-state index in [-0.39, 0.29) is 42.3 Å². The lowest BCUT2D eigenvalue weighted by Gasteiger charge is -2.36. The zero-order valence-electron chi connectivity index (χ0n) is 26.5. The van der Waals surface area contributed by atoms with Crippen LogP contribution < -0.4 is 9.47 Å². The summed E-state index contributed by atoms with van der Waals surface area (Å²) in [6, 6.07) is 5.01. The Hall–Kier alpha value is -3.23. The second-order valence-corrected chi connectivity index (χ2v) is 13.9. The number of ether oxygens (including phenoxy) is 3. The molecule has 0 unspecified atom stereocenters. The maximum absolute atomic E-state index is 14.4. The van der Waals surface area contributed by atoms with Gasteiger partial charge in [0.15, 0.2) is 0 Å². The summed E-state index contributed by atoms with van der Waals surface area (Å²) in [6.45, 7) is 4.35. The van der Waals surface area contributed by atoms with E-state index in [2.05, 4.69) is 6.92 Å². The molecule has 9 nitrogen and oxygen atoms in total. The molecule has 1 aromatic carbocycles. The quantitative estimate of drug-likeness (QED) is 0.317. The van der Waals surface area contributed by atoms with Crippen molar-refractivity contribution >= 4 is 29.2 Å². The molecular formula is C35H47N3O6. The van der Waals surface area contributed by atoms with Crippen molar-refractivity contribution in [1.82, 2.24) is 14.9 Å². The highest BCUT2D eigenvalue weighted by Gasteiger charge is 2.50. The Morgan fingerprint density at radius 2 is 1.75 bits per heavy atom. The van der Waals surface area contributed by atoms with Crippen LogP contribution >= 0.6 is 0 Å². The summed E-state index contributed by atoms with van der Waals surface area (Å²) in [4.78, 5) is 52.0. The predicted molar refractivity (Wildman–Crippen MR) is 165 cm³/mol. The van der Waals surface area contributed by atoms with Gasteiger partial charge < -0.3 is 23.9 Å². The second-order valence-electron chi connectivity index (χ2n) is 13.9. The fourth-order valence-corrected chi connectivity index (χ4v) is 8.26. The van der Waals surface area contributed by atoms with Crippen LogP contribution in [0, 0.1) is 23.2 Å². The maximum atomic E-state index is 14.4. The van der Waals surface area contributed by atoms with E-state index in [0.717, 1.165) is 88.1 Å². The Balaban J connectivity index is 1.35. The highest BCUT2D eigenvalue weighted by atomic mass is 16.5. The zero-order chi connectivity index (χ0) is 30.8. The van der Waals surface area contributed by atoms with Crippen LogP contribution in [0.3, 0.4) is 0 Å². The fraction of sp³-hybridized carbons (Fsp3) is 0.686. The van der Waals surface area contributed by atoms with Crippen molar-refractivity contribution in [1.29, 1.82) is 0 Å². The lowest BCUT2D eigenvalue weighted by atomic mass is 9.73. The minimum absolute atomic E-state index is 0.0582. The summed E-state index contributed by atoms with van der Waals surface area (Å²) in [5.41, 5.74) is 1.95. The topological polar surface area (TPSA) is 108 Å². The third kappa shape index (κ3) is 6.16. The van der Waals surface area contributed by atoms with E-state index in [1.165, 1.54) is 0 Å². The van der Waals surface area contributed by atoms with Crippen molar-refractivity contribution < 1.29 is 28.6 Å². The number of methoxy groups -OCH3 is 1. The number of aryl methyl sites for hydroxylation is 1. The Kier molecular flexibility index (Phi) is 9.11. The normalized spacial score (nSPS) is 31.4. The third-order valence-electron chi connectivity index (χ3n) is 11.1. The Bertz CT molecular complexity index is 1370. The third-order valence-corrected chi connectivity index (χ3v) is 11.1. The lowest BCUT2D eigenvalue weighted by Crippen LogP contribution is -2.47. The highest BCUT2D eigenvalue weighted by molar-refractivity contribution is 5.87. The number of amides is 1. The van der Waals surface area contributed by atoms with E-state index in [1.54, 1.807) is 12.0 Å². The number of carbonyl (C=O) groups excluding carboxylic acids is 3. The molecule has 238 valence electrons. The molecule has 0 spiro atoms. The molecule has 9 heteroatoms. The number of fused-ring (bicyclic) bond motifs is 5. The van der Waals surface area contributed by atoms with Crippen molar-refractivity contribution in [3.05, 3.63) is 23.9 Å². The standard InChI is InChI=1S/C35H47N3O6/c1-22-29(21-39)38-20-31(22)44-33-27(36-26-15-14-24(42-3)18-28(26)37-33)12-6-4-5-10-23-11-9-13-30(23)43-32(40)19-25(34(38)41)35(2)16-7-8-17-35/h14-15,18,21-23,25,29-31H,4-13,16-17,19-20H2,1-3H3/t22-,23+,25+,29+,30+,31-/m0/s1. The highest BCUT2D eigenvalue weighted by Crippen LogP contribution is 2.47. The summed E-state index contributed by atoms with van der Waals surface area (Å²) in [5, 5.41) is 0. The van der Waals surface area contributed by atoms with Gasteiger partial charge in [-0.05, 0) is 74.8 Å². The molecule has 1 amide bonds. The number of aromatic nitrogens is 2. The first-order chi connectivity index (χ1) is 21.3. The Morgan fingerprint density at radius 3 is 2.52 bits per heavy atom. The van der Waals surface area contributed by atoms with E-state index in [1.807, 2.05) is 25.1 Å². The van der Waals surface area contributed by atoms with Gasteiger partial charge >= 0.3 is 5.97 Å². The van der Waals surface area contributed by atoms with E-state index in [9.17, 15) is 14.4 Å². The number of aldehydes is 1. The molecule has 2 aromatic rings. The van der Waals surface area contributed by atoms with Gasteiger partial charge in [0.2, 0.25) is 11.8 Å². The van der Waals surface area contributed by atoms with Gasteiger partial charge in [-0.3, -0.25) is 9.59 Å². The molecule has 2 aliphatic carbocycles. The van der Waals surface area contributed by atoms with Gasteiger partial charge in [-0.25, -0.2) is 9.97 Å². The zero-order valence-corrected chi connectivity index (χ0v) is 26.5. The van der Waals surface area contributed by atoms with Crippen LogP contribution in [0.4, 0.5) is 0 Å². The van der Waals surface area contributed by atoms with Gasteiger partial charge in [0.05, 0.1) is 43.1 Å². The van der Waals surface area contributed by atoms with Gasteiger partial charge in [-0.15, -0.1) is 0 Å². The van der Waals surface area contributed by atoms with Crippen LogP contribution in [0.5, 0.6) is 11.6 Å². The van der Waals surface area contributed by atoms with Crippen molar-refractivity contribution in [2.75, 3.05) is 13.7 Å². The largest absolute Gasteiger partial charge is 0.497 e. The summed E-state index contributed by atoms with van der Waals surface area (Å²) in [7, 11) is 1.62. The Labute approximate surface area is 260 Å². The molecule has 4 aliphatic rings. The number of hydrogen-bond donors (Lipinski definition) is 0. The molecule has 44 heavy (non-hydrogen) atoms. The molecule has 2 aliphatic heterocycles. The van der Waals surface area contributed by atoms with E-state index in [0.29, 0.717) is 29.5 Å². The first-order valence-corrected chi connectivity index (χ1v) is 16.8. The number of benzene rings is 1. The molecule has 6 rings (SSSR count). The molecule has 3 heterocycles. The monoisotopic (exact) mass is 605 g/mol. The molecule has 1 saturated heterocycles. The number of hydrogen-bond acceptors (Lipinski definition) is 8. The number of rotatable bonds is 3. The summed E-state index contributed by atoms with van der Waals surface area (Å²) < 4.78 is 18.2. The molecule has 6 atom stereocenters. The maximum Gasteiger partial charge on any atom is 0.306 e. The number of carbonyl (C=O) groups is 3.